The van der Waals surface area contributed by atoms with Gasteiger partial charge in [-0.15, -0.1) is 0 Å². The van der Waals surface area contributed by atoms with E-state index in [1.807, 2.05) is 6.20 Å². The molecule has 2 atom stereocenters. The number of nitrogens with one attached hydrogen (secondary N) is 2. The van der Waals surface area contributed by atoms with Crippen LogP contribution in [0, 0.1) is 0 Å². The second-order valence-electron chi connectivity index (χ2n) is 11.0. The Labute approximate surface area is 208 Å². The van der Waals surface area contributed by atoms with Gasteiger partial charge in [-0.2, -0.15) is 4.98 Å². The molecule has 4 heterocycles. The first kappa shape index (κ1) is 24.5. The van der Waals surface area contributed by atoms with Gasteiger partial charge in [0.2, 0.25) is 11.9 Å². The van der Waals surface area contributed by atoms with Gasteiger partial charge in [-0.25, -0.2) is 4.98 Å². The lowest BCUT2D eigenvalue weighted by Gasteiger charge is -2.33. The summed E-state index contributed by atoms with van der Waals surface area (Å²) in [5.74, 6) is 1.39. The summed E-state index contributed by atoms with van der Waals surface area (Å²) in [5, 5.41) is 18.0. The van der Waals surface area contributed by atoms with Crippen molar-refractivity contribution in [2.45, 2.75) is 108 Å². The average molecular weight is 483 g/mol. The van der Waals surface area contributed by atoms with Gasteiger partial charge >= 0.3 is 0 Å². The van der Waals surface area contributed by atoms with Crippen LogP contribution in [0.5, 0.6) is 0 Å². The van der Waals surface area contributed by atoms with Crippen molar-refractivity contribution in [3.63, 3.8) is 0 Å². The zero-order valence-electron chi connectivity index (χ0n) is 21.4. The number of aliphatic hydroxyl groups excluding tert-OH is 1. The molecule has 0 spiro atoms. The predicted octanol–water partition coefficient (Wildman–Crippen LogP) is 3.97. The Kier molecular flexibility index (Phi) is 7.58. The van der Waals surface area contributed by atoms with E-state index in [4.69, 9.17) is 9.97 Å². The molecule has 1 aliphatic carbocycles. The molecule has 3 aliphatic rings. The van der Waals surface area contributed by atoms with Crippen molar-refractivity contribution in [2.75, 3.05) is 25.0 Å². The second kappa shape index (κ2) is 10.8. The van der Waals surface area contributed by atoms with Crippen LogP contribution in [0.2, 0.25) is 0 Å². The molecule has 8 nitrogen and oxygen atoms in total. The van der Waals surface area contributed by atoms with Crippen LogP contribution >= 0.6 is 0 Å². The molecule has 3 fully saturated rings. The maximum absolute atomic E-state index is 12.9. The fourth-order valence-corrected chi connectivity index (χ4v) is 6.32. The highest BCUT2D eigenvalue weighted by atomic mass is 16.3. The van der Waals surface area contributed by atoms with Crippen LogP contribution in [0.3, 0.4) is 0 Å². The fourth-order valence-electron chi connectivity index (χ4n) is 6.32. The van der Waals surface area contributed by atoms with E-state index in [1.165, 1.54) is 5.56 Å². The molecule has 3 N–H and O–H groups in total. The van der Waals surface area contributed by atoms with E-state index in [0.29, 0.717) is 23.9 Å². The van der Waals surface area contributed by atoms with Gasteiger partial charge in [0.15, 0.2) is 0 Å². The van der Waals surface area contributed by atoms with E-state index in [2.05, 4.69) is 40.1 Å². The van der Waals surface area contributed by atoms with Crippen molar-refractivity contribution in [1.29, 1.82) is 0 Å². The lowest BCUT2D eigenvalue weighted by molar-refractivity contribution is -0.134. The Morgan fingerprint density at radius 2 is 1.97 bits per heavy atom. The number of fused-ring (bicyclic) bond motifs is 1. The van der Waals surface area contributed by atoms with Crippen molar-refractivity contribution >= 4 is 22.9 Å². The number of nitrogens with zero attached hydrogens (tertiary/aromatic N) is 4. The molecule has 0 bridgehead atoms. The first-order valence-electron chi connectivity index (χ1n) is 13.9. The Bertz CT molecular complexity index is 1000. The minimum absolute atomic E-state index is 0.0181. The summed E-state index contributed by atoms with van der Waals surface area (Å²) in [6, 6.07) is 0.714. The number of amides is 1. The van der Waals surface area contributed by atoms with Crippen molar-refractivity contribution in [1.82, 2.24) is 24.8 Å². The third kappa shape index (κ3) is 5.33. The maximum Gasteiger partial charge on any atom is 0.239 e. The van der Waals surface area contributed by atoms with Gasteiger partial charge < -0.3 is 25.2 Å². The van der Waals surface area contributed by atoms with Gasteiger partial charge in [0.25, 0.3) is 0 Å². The highest BCUT2D eigenvalue weighted by Gasteiger charge is 2.32. The number of likely N-dealkylation sites (tertiary alicyclic amines) is 1. The number of carbonyl (C=O) groups is 1. The monoisotopic (exact) mass is 482 g/mol. The first-order chi connectivity index (χ1) is 17.0. The highest BCUT2D eigenvalue weighted by molar-refractivity contribution is 5.83. The minimum Gasteiger partial charge on any atom is -0.393 e. The minimum atomic E-state index is -0.175. The molecule has 192 valence electrons. The number of anilines is 1. The zero-order valence-corrected chi connectivity index (χ0v) is 21.4. The Morgan fingerprint density at radius 1 is 1.20 bits per heavy atom. The van der Waals surface area contributed by atoms with Crippen LogP contribution in [0.1, 0.15) is 95.6 Å². The number of hydrogen-bond donors (Lipinski definition) is 3. The van der Waals surface area contributed by atoms with Gasteiger partial charge in [0, 0.05) is 43.0 Å². The SMILES string of the molecule is CCC[C@H](C)Nc1ncc2c(C3CCN(C(=O)[C@@H]4CCCN4)CC3)cn(C3CCC(O)CC3)c2n1. The maximum atomic E-state index is 12.9. The number of piperidine rings is 1. The molecular weight excluding hydrogens is 440 g/mol. The van der Waals surface area contributed by atoms with Crippen molar-refractivity contribution in [3.8, 4) is 0 Å². The molecule has 2 aromatic heterocycles. The lowest BCUT2D eigenvalue weighted by Crippen LogP contribution is -2.46. The summed E-state index contributed by atoms with van der Waals surface area (Å²) >= 11 is 0. The third-order valence-electron chi connectivity index (χ3n) is 8.36. The first-order valence-corrected chi connectivity index (χ1v) is 13.9. The van der Waals surface area contributed by atoms with Gasteiger partial charge in [-0.3, -0.25) is 4.79 Å². The Hall–Kier alpha value is -2.19. The fraction of sp³-hybridized carbons (Fsp3) is 0.741. The van der Waals surface area contributed by atoms with Gasteiger partial charge in [0.1, 0.15) is 5.65 Å². The normalized spacial score (nSPS) is 26.8. The summed E-state index contributed by atoms with van der Waals surface area (Å²) < 4.78 is 2.37. The third-order valence-corrected chi connectivity index (χ3v) is 8.36. The van der Waals surface area contributed by atoms with Crippen LogP contribution in [0.4, 0.5) is 5.95 Å². The van der Waals surface area contributed by atoms with Gasteiger partial charge in [-0.05, 0) is 82.7 Å². The van der Waals surface area contributed by atoms with Crippen LogP contribution in [0.15, 0.2) is 12.4 Å². The number of hydrogen-bond acceptors (Lipinski definition) is 6. The van der Waals surface area contributed by atoms with Crippen LogP contribution in [-0.2, 0) is 4.79 Å². The summed E-state index contributed by atoms with van der Waals surface area (Å²) in [4.78, 5) is 24.7. The molecule has 2 aliphatic heterocycles. The highest BCUT2D eigenvalue weighted by Crippen LogP contribution is 2.38. The summed E-state index contributed by atoms with van der Waals surface area (Å²) in [6.07, 6.45) is 14.0. The number of carbonyl (C=O) groups excluding carboxylic acids is 1. The molecule has 35 heavy (non-hydrogen) atoms. The summed E-state index contributed by atoms with van der Waals surface area (Å²) in [7, 11) is 0. The Balaban J connectivity index is 1.38. The van der Waals surface area contributed by atoms with Crippen molar-refractivity contribution in [3.05, 3.63) is 18.0 Å². The van der Waals surface area contributed by atoms with E-state index in [9.17, 15) is 9.90 Å². The lowest BCUT2D eigenvalue weighted by atomic mass is 9.89. The van der Waals surface area contributed by atoms with E-state index in [0.717, 1.165) is 94.9 Å². The van der Waals surface area contributed by atoms with E-state index in [-0.39, 0.29) is 18.1 Å². The van der Waals surface area contributed by atoms with Crippen LogP contribution < -0.4 is 10.6 Å². The second-order valence-corrected chi connectivity index (χ2v) is 11.0. The summed E-state index contributed by atoms with van der Waals surface area (Å²) in [5.41, 5.74) is 2.33. The van der Waals surface area contributed by atoms with E-state index in [1.54, 1.807) is 0 Å². The number of aliphatic hydroxyl groups is 1. The van der Waals surface area contributed by atoms with E-state index >= 15 is 0 Å². The van der Waals surface area contributed by atoms with Crippen LogP contribution in [0.25, 0.3) is 11.0 Å². The molecule has 0 aromatic carbocycles. The van der Waals surface area contributed by atoms with Crippen molar-refractivity contribution in [2.24, 2.45) is 0 Å². The molecule has 1 amide bonds. The number of rotatable bonds is 7. The standard InChI is InChI=1S/C27H42N6O2/c1-3-5-18(2)30-27-29-16-22-23(17-33(25(22)31-27)20-7-9-21(34)10-8-20)19-11-14-32(15-12-19)26(35)24-6-4-13-28-24/h16-21,24,28,34H,3-15H2,1-2H3,(H,29,30,31)/t18-,20?,21?,24-/m0/s1. The topological polar surface area (TPSA) is 95.3 Å². The molecule has 1 saturated carbocycles. The molecular formula is C27H42N6O2. The largest absolute Gasteiger partial charge is 0.393 e. The molecule has 0 radical (unpaired) electrons. The molecule has 5 rings (SSSR count). The quantitative estimate of drug-likeness (QED) is 0.553. The molecule has 0 unspecified atom stereocenters. The van der Waals surface area contributed by atoms with E-state index < -0.39 is 0 Å². The van der Waals surface area contributed by atoms with Gasteiger partial charge in [0.05, 0.1) is 12.1 Å². The summed E-state index contributed by atoms with van der Waals surface area (Å²) in [6.45, 7) is 6.97. The zero-order chi connectivity index (χ0) is 24.4. The molecule has 8 heteroatoms. The van der Waals surface area contributed by atoms with Crippen LogP contribution in [-0.4, -0.2) is 68.3 Å². The predicted molar refractivity (Wildman–Crippen MR) is 139 cm³/mol. The smallest absolute Gasteiger partial charge is 0.239 e. The molecule has 2 aromatic rings. The van der Waals surface area contributed by atoms with Gasteiger partial charge in [-0.1, -0.05) is 13.3 Å². The number of aromatic nitrogens is 3. The van der Waals surface area contributed by atoms with Crippen molar-refractivity contribution < 1.29 is 9.90 Å². The molecule has 2 saturated heterocycles. The Morgan fingerprint density at radius 3 is 2.66 bits per heavy atom. The average Bonchev–Trinajstić information content (AvgIpc) is 3.53.